The standard InChI is InChI=1S/C13H12FN3O/c1-8-2-3-9(14)6-12(8)18-10-4-5-17-11(7-10)13(15)16/h2-7H,1H3,(H3,15,16). The van der Waals surface area contributed by atoms with Crippen LogP contribution in [0.15, 0.2) is 36.5 Å². The van der Waals surface area contributed by atoms with Crippen LogP contribution in [0.5, 0.6) is 11.5 Å². The van der Waals surface area contributed by atoms with E-state index in [1.54, 1.807) is 12.1 Å². The van der Waals surface area contributed by atoms with Crippen LogP contribution in [-0.2, 0) is 0 Å². The molecule has 0 atom stereocenters. The molecule has 3 N–H and O–H groups in total. The molecule has 0 aliphatic rings. The molecule has 0 unspecified atom stereocenters. The molecule has 4 nitrogen and oxygen atoms in total. The van der Waals surface area contributed by atoms with E-state index in [4.69, 9.17) is 15.9 Å². The van der Waals surface area contributed by atoms with Gasteiger partial charge in [0.15, 0.2) is 0 Å². The Kier molecular flexibility index (Phi) is 3.23. The van der Waals surface area contributed by atoms with Crippen LogP contribution in [0, 0.1) is 18.2 Å². The average Bonchev–Trinajstić information content (AvgIpc) is 2.34. The highest BCUT2D eigenvalue weighted by Crippen LogP contribution is 2.25. The maximum Gasteiger partial charge on any atom is 0.141 e. The number of hydrogen-bond donors (Lipinski definition) is 2. The maximum absolute atomic E-state index is 13.1. The maximum atomic E-state index is 13.1. The molecule has 1 aromatic carbocycles. The van der Waals surface area contributed by atoms with Crippen LogP contribution in [0.2, 0.25) is 0 Å². The first-order valence-electron chi connectivity index (χ1n) is 5.31. The van der Waals surface area contributed by atoms with Crippen molar-refractivity contribution in [1.29, 1.82) is 5.41 Å². The summed E-state index contributed by atoms with van der Waals surface area (Å²) in [7, 11) is 0. The minimum atomic E-state index is -0.364. The lowest BCUT2D eigenvalue weighted by molar-refractivity contribution is 0.472. The Morgan fingerprint density at radius 1 is 1.33 bits per heavy atom. The third-order valence-corrected chi connectivity index (χ3v) is 2.39. The number of nitrogen functional groups attached to an aromatic ring is 1. The summed E-state index contributed by atoms with van der Waals surface area (Å²) in [6.45, 7) is 1.82. The Morgan fingerprint density at radius 3 is 2.83 bits per heavy atom. The molecule has 0 aliphatic heterocycles. The van der Waals surface area contributed by atoms with Gasteiger partial charge in [-0.2, -0.15) is 0 Å². The summed E-state index contributed by atoms with van der Waals surface area (Å²) in [5, 5.41) is 7.29. The van der Waals surface area contributed by atoms with Gasteiger partial charge in [0.25, 0.3) is 0 Å². The second-order valence-electron chi connectivity index (χ2n) is 3.80. The summed E-state index contributed by atoms with van der Waals surface area (Å²) in [5.41, 5.74) is 6.47. The summed E-state index contributed by atoms with van der Waals surface area (Å²) >= 11 is 0. The van der Waals surface area contributed by atoms with E-state index >= 15 is 0 Å². The summed E-state index contributed by atoms with van der Waals surface area (Å²) in [5.74, 6) is 0.382. The molecule has 1 heterocycles. The third kappa shape index (κ3) is 2.63. The van der Waals surface area contributed by atoms with Gasteiger partial charge >= 0.3 is 0 Å². The fourth-order valence-electron chi connectivity index (χ4n) is 1.43. The topological polar surface area (TPSA) is 72.0 Å². The van der Waals surface area contributed by atoms with Crippen molar-refractivity contribution in [2.24, 2.45) is 5.73 Å². The zero-order valence-electron chi connectivity index (χ0n) is 9.77. The van der Waals surface area contributed by atoms with Crippen molar-refractivity contribution in [3.05, 3.63) is 53.6 Å². The molecule has 0 amide bonds. The van der Waals surface area contributed by atoms with E-state index in [9.17, 15) is 4.39 Å². The first-order chi connectivity index (χ1) is 8.56. The Bertz CT molecular complexity index is 599. The van der Waals surface area contributed by atoms with Gasteiger partial charge in [-0.05, 0) is 24.6 Å². The van der Waals surface area contributed by atoms with E-state index in [1.165, 1.54) is 24.4 Å². The molecule has 0 fully saturated rings. The number of amidine groups is 1. The lowest BCUT2D eigenvalue weighted by atomic mass is 10.2. The number of benzene rings is 1. The second-order valence-corrected chi connectivity index (χ2v) is 3.80. The smallest absolute Gasteiger partial charge is 0.141 e. The lowest BCUT2D eigenvalue weighted by Crippen LogP contribution is -2.12. The van der Waals surface area contributed by atoms with Crippen LogP contribution in [-0.4, -0.2) is 10.8 Å². The first-order valence-corrected chi connectivity index (χ1v) is 5.31. The van der Waals surface area contributed by atoms with Crippen LogP contribution in [0.1, 0.15) is 11.3 Å². The number of aromatic nitrogens is 1. The molecule has 18 heavy (non-hydrogen) atoms. The van der Waals surface area contributed by atoms with Gasteiger partial charge in [-0.1, -0.05) is 6.07 Å². The van der Waals surface area contributed by atoms with Gasteiger partial charge in [-0.25, -0.2) is 4.39 Å². The van der Waals surface area contributed by atoms with Crippen LogP contribution < -0.4 is 10.5 Å². The van der Waals surface area contributed by atoms with E-state index in [-0.39, 0.29) is 11.7 Å². The van der Waals surface area contributed by atoms with E-state index in [1.807, 2.05) is 6.92 Å². The molecule has 0 saturated heterocycles. The molecular weight excluding hydrogens is 233 g/mol. The van der Waals surface area contributed by atoms with E-state index < -0.39 is 0 Å². The molecule has 2 aromatic rings. The molecule has 0 spiro atoms. The summed E-state index contributed by atoms with van der Waals surface area (Å²) in [4.78, 5) is 3.92. The average molecular weight is 245 g/mol. The number of rotatable bonds is 3. The Balaban J connectivity index is 2.31. The van der Waals surface area contributed by atoms with Gasteiger partial charge in [-0.15, -0.1) is 0 Å². The van der Waals surface area contributed by atoms with Gasteiger partial charge in [-0.3, -0.25) is 10.4 Å². The van der Waals surface area contributed by atoms with Crippen molar-refractivity contribution in [1.82, 2.24) is 4.98 Å². The lowest BCUT2D eigenvalue weighted by Gasteiger charge is -2.09. The number of nitrogens with one attached hydrogen (secondary N) is 1. The van der Waals surface area contributed by atoms with Gasteiger partial charge < -0.3 is 10.5 Å². The normalized spacial score (nSPS) is 10.1. The van der Waals surface area contributed by atoms with Crippen molar-refractivity contribution in [3.63, 3.8) is 0 Å². The minimum absolute atomic E-state index is 0.142. The van der Waals surface area contributed by atoms with E-state index in [0.29, 0.717) is 17.2 Å². The summed E-state index contributed by atoms with van der Waals surface area (Å²) in [6, 6.07) is 7.47. The van der Waals surface area contributed by atoms with Crippen molar-refractivity contribution >= 4 is 5.84 Å². The number of halogens is 1. The molecule has 5 heteroatoms. The molecule has 2 rings (SSSR count). The van der Waals surface area contributed by atoms with Gasteiger partial charge in [0, 0.05) is 18.3 Å². The molecule has 0 saturated carbocycles. The number of aryl methyl sites for hydroxylation is 1. The first kappa shape index (κ1) is 12.0. The predicted molar refractivity (Wildman–Crippen MR) is 66.5 cm³/mol. The highest BCUT2D eigenvalue weighted by Gasteiger charge is 2.05. The van der Waals surface area contributed by atoms with E-state index in [0.717, 1.165) is 5.56 Å². The van der Waals surface area contributed by atoms with Crippen molar-refractivity contribution in [3.8, 4) is 11.5 Å². The van der Waals surface area contributed by atoms with Crippen molar-refractivity contribution < 1.29 is 9.13 Å². The monoisotopic (exact) mass is 245 g/mol. The van der Waals surface area contributed by atoms with Gasteiger partial charge in [0.2, 0.25) is 0 Å². The van der Waals surface area contributed by atoms with Crippen molar-refractivity contribution in [2.75, 3.05) is 0 Å². The third-order valence-electron chi connectivity index (χ3n) is 2.39. The number of hydrogen-bond acceptors (Lipinski definition) is 3. The second kappa shape index (κ2) is 4.83. The van der Waals surface area contributed by atoms with Crippen LogP contribution in [0.3, 0.4) is 0 Å². The Hall–Kier alpha value is -2.43. The fourth-order valence-corrected chi connectivity index (χ4v) is 1.43. The summed E-state index contributed by atoms with van der Waals surface area (Å²) in [6.07, 6.45) is 1.49. The number of ether oxygens (including phenoxy) is 1. The van der Waals surface area contributed by atoms with Crippen LogP contribution >= 0.6 is 0 Å². The minimum Gasteiger partial charge on any atom is -0.457 e. The number of nitrogens with two attached hydrogens (primary N) is 1. The number of nitrogens with zero attached hydrogens (tertiary/aromatic N) is 1. The predicted octanol–water partition coefficient (Wildman–Crippen LogP) is 2.61. The highest BCUT2D eigenvalue weighted by atomic mass is 19.1. The summed E-state index contributed by atoms with van der Waals surface area (Å²) < 4.78 is 18.7. The molecule has 0 aliphatic carbocycles. The SMILES string of the molecule is Cc1ccc(F)cc1Oc1ccnc(C(=N)N)c1. The largest absolute Gasteiger partial charge is 0.457 e. The van der Waals surface area contributed by atoms with Crippen LogP contribution in [0.25, 0.3) is 0 Å². The van der Waals surface area contributed by atoms with Crippen LogP contribution in [0.4, 0.5) is 4.39 Å². The molecule has 1 aromatic heterocycles. The zero-order chi connectivity index (χ0) is 13.1. The highest BCUT2D eigenvalue weighted by molar-refractivity contribution is 5.93. The molecule has 0 bridgehead atoms. The number of pyridine rings is 1. The zero-order valence-corrected chi connectivity index (χ0v) is 9.77. The van der Waals surface area contributed by atoms with Gasteiger partial charge in [0.1, 0.15) is 28.8 Å². The quantitative estimate of drug-likeness (QED) is 0.645. The van der Waals surface area contributed by atoms with Gasteiger partial charge in [0.05, 0.1) is 0 Å². The molecular formula is C13H12FN3O. The van der Waals surface area contributed by atoms with Crippen molar-refractivity contribution in [2.45, 2.75) is 6.92 Å². The molecule has 92 valence electrons. The Labute approximate surface area is 104 Å². The fraction of sp³-hybridized carbons (Fsp3) is 0.0769. The Morgan fingerprint density at radius 2 is 2.11 bits per heavy atom. The van der Waals surface area contributed by atoms with E-state index in [2.05, 4.69) is 4.98 Å². The molecule has 0 radical (unpaired) electrons.